The van der Waals surface area contributed by atoms with Gasteiger partial charge in [-0.05, 0) is 12.0 Å². The number of rotatable bonds is 4. The quantitative estimate of drug-likeness (QED) is 0.827. The topological polar surface area (TPSA) is 72.3 Å². The van der Waals surface area contributed by atoms with Gasteiger partial charge in [-0.1, -0.05) is 41.9 Å². The minimum absolute atomic E-state index is 0.0178. The number of nitrogens with zero attached hydrogens (tertiary/aromatic N) is 3. The van der Waals surface area contributed by atoms with Crippen LogP contribution in [0.4, 0.5) is 0 Å². The van der Waals surface area contributed by atoms with Gasteiger partial charge in [-0.3, -0.25) is 9.48 Å². The molecule has 1 aromatic carbocycles. The zero-order chi connectivity index (χ0) is 17.3. The molecule has 1 aliphatic rings. The fraction of sp³-hybridized carbons (Fsp3) is 0.375. The van der Waals surface area contributed by atoms with E-state index >= 15 is 0 Å². The van der Waals surface area contributed by atoms with E-state index in [0.29, 0.717) is 13.0 Å². The molecule has 8 heteroatoms. The molecular formula is C16H18ClN3O3S. The standard InChI is InChI=1S/C16H18ClN3O3S/c1-19-10-14(17)15(18-19)16(21)20(9-12-5-3-2-4-6-12)13-7-8-24(22,23)11-13/h2-6,10,13H,7-9,11H2,1H3. The molecule has 0 aliphatic carbocycles. The molecule has 6 nitrogen and oxygen atoms in total. The van der Waals surface area contributed by atoms with E-state index in [0.717, 1.165) is 5.56 Å². The molecule has 0 radical (unpaired) electrons. The molecular weight excluding hydrogens is 350 g/mol. The average Bonchev–Trinajstić information content (AvgIpc) is 3.06. The Hall–Kier alpha value is -1.86. The summed E-state index contributed by atoms with van der Waals surface area (Å²) < 4.78 is 25.2. The highest BCUT2D eigenvalue weighted by molar-refractivity contribution is 7.91. The van der Waals surface area contributed by atoms with Gasteiger partial charge in [0.25, 0.3) is 5.91 Å². The maximum absolute atomic E-state index is 13.0. The minimum Gasteiger partial charge on any atom is -0.329 e. The second-order valence-corrected chi connectivity index (χ2v) is 8.61. The van der Waals surface area contributed by atoms with Crippen LogP contribution in [0.25, 0.3) is 0 Å². The number of sulfone groups is 1. The van der Waals surface area contributed by atoms with Crippen LogP contribution in [0.1, 0.15) is 22.5 Å². The zero-order valence-electron chi connectivity index (χ0n) is 13.2. The monoisotopic (exact) mass is 367 g/mol. The Morgan fingerprint density at radius 2 is 2.08 bits per heavy atom. The molecule has 3 rings (SSSR count). The third kappa shape index (κ3) is 3.62. The number of carbonyl (C=O) groups is 1. The van der Waals surface area contributed by atoms with E-state index in [1.165, 1.54) is 4.68 Å². The summed E-state index contributed by atoms with van der Waals surface area (Å²) in [5.74, 6) is -0.256. The molecule has 1 aromatic heterocycles. The molecule has 2 aromatic rings. The lowest BCUT2D eigenvalue weighted by molar-refractivity contribution is 0.0674. The molecule has 1 saturated heterocycles. The van der Waals surface area contributed by atoms with Crippen LogP contribution in [0.3, 0.4) is 0 Å². The van der Waals surface area contributed by atoms with Crippen LogP contribution in [0.2, 0.25) is 5.02 Å². The molecule has 1 amide bonds. The molecule has 0 spiro atoms. The van der Waals surface area contributed by atoms with Crippen LogP contribution in [-0.4, -0.2) is 46.6 Å². The largest absolute Gasteiger partial charge is 0.329 e. The Kier molecular flexibility index (Phi) is 4.64. The molecule has 0 bridgehead atoms. The van der Waals surface area contributed by atoms with Gasteiger partial charge in [0.2, 0.25) is 0 Å². The van der Waals surface area contributed by atoms with Crippen LogP contribution in [0, 0.1) is 0 Å². The molecule has 128 valence electrons. The maximum Gasteiger partial charge on any atom is 0.276 e. The second-order valence-electron chi connectivity index (χ2n) is 5.97. The van der Waals surface area contributed by atoms with Crippen molar-refractivity contribution in [3.63, 3.8) is 0 Å². The van der Waals surface area contributed by atoms with E-state index < -0.39 is 9.84 Å². The van der Waals surface area contributed by atoms with Crippen molar-refractivity contribution in [2.75, 3.05) is 11.5 Å². The van der Waals surface area contributed by atoms with Crippen molar-refractivity contribution in [3.8, 4) is 0 Å². The summed E-state index contributed by atoms with van der Waals surface area (Å²) in [7, 11) is -1.42. The fourth-order valence-electron chi connectivity index (χ4n) is 2.91. The number of amides is 1. The lowest BCUT2D eigenvalue weighted by Gasteiger charge is -2.28. The van der Waals surface area contributed by atoms with Gasteiger partial charge < -0.3 is 4.90 Å². The van der Waals surface area contributed by atoms with Crippen molar-refractivity contribution >= 4 is 27.3 Å². The Morgan fingerprint density at radius 3 is 2.62 bits per heavy atom. The van der Waals surface area contributed by atoms with E-state index in [-0.39, 0.29) is 34.2 Å². The van der Waals surface area contributed by atoms with E-state index in [2.05, 4.69) is 5.10 Å². The summed E-state index contributed by atoms with van der Waals surface area (Å²) in [5, 5.41) is 4.39. The lowest BCUT2D eigenvalue weighted by atomic mass is 10.1. The summed E-state index contributed by atoms with van der Waals surface area (Å²) in [5.41, 5.74) is 1.08. The second kappa shape index (κ2) is 6.57. The predicted molar refractivity (Wildman–Crippen MR) is 91.6 cm³/mol. The predicted octanol–water partition coefficient (Wildman–Crippen LogP) is 1.90. The van der Waals surface area contributed by atoms with E-state index in [1.54, 1.807) is 18.1 Å². The van der Waals surface area contributed by atoms with E-state index in [4.69, 9.17) is 11.6 Å². The number of aromatic nitrogens is 2. The van der Waals surface area contributed by atoms with Crippen molar-refractivity contribution in [3.05, 3.63) is 52.8 Å². The summed E-state index contributed by atoms with van der Waals surface area (Å²) in [6, 6.07) is 9.12. The third-order valence-electron chi connectivity index (χ3n) is 4.09. The molecule has 0 N–H and O–H groups in total. The summed E-state index contributed by atoms with van der Waals surface area (Å²) in [6.07, 6.45) is 1.99. The van der Waals surface area contributed by atoms with Crippen molar-refractivity contribution in [1.82, 2.24) is 14.7 Å². The van der Waals surface area contributed by atoms with Crippen LogP contribution in [0.15, 0.2) is 36.5 Å². The van der Waals surface area contributed by atoms with Crippen molar-refractivity contribution < 1.29 is 13.2 Å². The van der Waals surface area contributed by atoms with Gasteiger partial charge in [0.15, 0.2) is 15.5 Å². The number of carbonyl (C=O) groups excluding carboxylic acids is 1. The van der Waals surface area contributed by atoms with E-state index in [1.807, 2.05) is 30.3 Å². The first kappa shape index (κ1) is 17.0. The van der Waals surface area contributed by atoms with Gasteiger partial charge in [0, 0.05) is 25.8 Å². The first-order valence-electron chi connectivity index (χ1n) is 7.60. The SMILES string of the molecule is Cn1cc(Cl)c(C(=O)N(Cc2ccccc2)C2CCS(=O)(=O)C2)n1. The highest BCUT2D eigenvalue weighted by Gasteiger charge is 2.36. The number of hydrogen-bond acceptors (Lipinski definition) is 4. The first-order valence-corrected chi connectivity index (χ1v) is 9.80. The van der Waals surface area contributed by atoms with Crippen LogP contribution in [-0.2, 0) is 23.4 Å². The summed E-state index contributed by atoms with van der Waals surface area (Å²) >= 11 is 6.10. The molecule has 1 unspecified atom stereocenters. The lowest BCUT2D eigenvalue weighted by Crippen LogP contribution is -2.41. The van der Waals surface area contributed by atoms with Crippen molar-refractivity contribution in [2.45, 2.75) is 19.0 Å². The van der Waals surface area contributed by atoms with Gasteiger partial charge >= 0.3 is 0 Å². The number of halogens is 1. The number of benzene rings is 1. The molecule has 2 heterocycles. The smallest absolute Gasteiger partial charge is 0.276 e. The average molecular weight is 368 g/mol. The summed E-state index contributed by atoms with van der Waals surface area (Å²) in [6.45, 7) is 0.326. The Bertz CT molecular complexity index is 849. The molecule has 1 fully saturated rings. The normalized spacial score (nSPS) is 19.3. The molecule has 24 heavy (non-hydrogen) atoms. The van der Waals surface area contributed by atoms with Gasteiger partial charge in [0.1, 0.15) is 0 Å². The van der Waals surface area contributed by atoms with Gasteiger partial charge in [-0.2, -0.15) is 5.10 Å². The third-order valence-corrected chi connectivity index (χ3v) is 6.12. The van der Waals surface area contributed by atoms with Gasteiger partial charge in [-0.25, -0.2) is 8.42 Å². The maximum atomic E-state index is 13.0. The number of aryl methyl sites for hydroxylation is 1. The van der Waals surface area contributed by atoms with Crippen LogP contribution < -0.4 is 0 Å². The highest BCUT2D eigenvalue weighted by Crippen LogP contribution is 2.24. The highest BCUT2D eigenvalue weighted by atomic mass is 35.5. The minimum atomic E-state index is -3.11. The van der Waals surface area contributed by atoms with Gasteiger partial charge in [0.05, 0.1) is 16.5 Å². The molecule has 1 atom stereocenters. The first-order chi connectivity index (χ1) is 11.4. The van der Waals surface area contributed by atoms with Gasteiger partial charge in [-0.15, -0.1) is 0 Å². The van der Waals surface area contributed by atoms with Crippen LogP contribution >= 0.6 is 11.6 Å². The van der Waals surface area contributed by atoms with E-state index in [9.17, 15) is 13.2 Å². The van der Waals surface area contributed by atoms with Crippen molar-refractivity contribution in [1.29, 1.82) is 0 Å². The van der Waals surface area contributed by atoms with Crippen molar-refractivity contribution in [2.24, 2.45) is 7.05 Å². The molecule has 1 aliphatic heterocycles. The van der Waals surface area contributed by atoms with Crippen LogP contribution in [0.5, 0.6) is 0 Å². The summed E-state index contributed by atoms with van der Waals surface area (Å²) in [4.78, 5) is 14.5. The fourth-order valence-corrected chi connectivity index (χ4v) is 4.90. The molecule has 0 saturated carbocycles. The Labute approximate surface area is 145 Å². The Morgan fingerprint density at radius 1 is 1.38 bits per heavy atom. The zero-order valence-corrected chi connectivity index (χ0v) is 14.8. The number of hydrogen-bond donors (Lipinski definition) is 0. The Balaban J connectivity index is 1.92.